The van der Waals surface area contributed by atoms with E-state index in [0.717, 1.165) is 28.6 Å². The number of hydrogen-bond donors (Lipinski definition) is 2. The van der Waals surface area contributed by atoms with Gasteiger partial charge in [0.25, 0.3) is 0 Å². The second-order valence-corrected chi connectivity index (χ2v) is 4.33. The summed E-state index contributed by atoms with van der Waals surface area (Å²) in [5.74, 6) is 2.34. The van der Waals surface area contributed by atoms with Gasteiger partial charge >= 0.3 is 0 Å². The topological polar surface area (TPSA) is 73.2 Å². The number of ether oxygens (including phenoxy) is 2. The highest BCUT2D eigenvalue weighted by Gasteiger charge is 2.13. The second kappa shape index (κ2) is 4.34. The zero-order chi connectivity index (χ0) is 12.5. The monoisotopic (exact) mass is 245 g/mol. The molecule has 1 aromatic heterocycles. The fourth-order valence-corrected chi connectivity index (χ4v) is 1.93. The van der Waals surface area contributed by atoms with Crippen LogP contribution in [0.5, 0.6) is 11.5 Å². The van der Waals surface area contributed by atoms with Crippen LogP contribution in [0.1, 0.15) is 18.8 Å². The van der Waals surface area contributed by atoms with Crippen molar-refractivity contribution in [3.8, 4) is 22.8 Å². The molecule has 0 aliphatic carbocycles. The summed E-state index contributed by atoms with van der Waals surface area (Å²) in [6.45, 7) is 3.09. The van der Waals surface area contributed by atoms with Crippen LogP contribution in [0.2, 0.25) is 0 Å². The van der Waals surface area contributed by atoms with E-state index in [2.05, 4.69) is 9.97 Å². The Kier molecular flexibility index (Phi) is 2.68. The van der Waals surface area contributed by atoms with E-state index >= 15 is 0 Å². The zero-order valence-corrected chi connectivity index (χ0v) is 10.1. The van der Waals surface area contributed by atoms with Crippen molar-refractivity contribution in [2.75, 3.05) is 13.2 Å². The number of rotatable bonds is 2. The number of fused-ring (bicyclic) bond motifs is 1. The molecule has 3 N–H and O–H groups in total. The molecule has 1 atom stereocenters. The minimum Gasteiger partial charge on any atom is -0.486 e. The van der Waals surface area contributed by atoms with Crippen LogP contribution in [0.15, 0.2) is 24.4 Å². The van der Waals surface area contributed by atoms with Crippen molar-refractivity contribution in [2.24, 2.45) is 5.73 Å². The molecule has 2 heterocycles. The van der Waals surface area contributed by atoms with Crippen molar-refractivity contribution in [3.05, 3.63) is 30.2 Å². The predicted molar refractivity (Wildman–Crippen MR) is 67.6 cm³/mol. The van der Waals surface area contributed by atoms with Gasteiger partial charge in [-0.25, -0.2) is 4.98 Å². The molecule has 18 heavy (non-hydrogen) atoms. The number of hydrogen-bond acceptors (Lipinski definition) is 4. The lowest BCUT2D eigenvalue weighted by atomic mass is 10.1. The van der Waals surface area contributed by atoms with E-state index in [0.29, 0.717) is 13.2 Å². The molecule has 94 valence electrons. The first kappa shape index (κ1) is 11.1. The van der Waals surface area contributed by atoms with Crippen molar-refractivity contribution in [3.63, 3.8) is 0 Å². The standard InChI is InChI=1S/C13H15N3O2/c1-8(14)13-15-7-10(16-13)9-2-3-11-12(6-9)18-5-4-17-11/h2-3,6-8H,4-5,14H2,1H3,(H,15,16). The molecule has 1 aromatic carbocycles. The molecule has 0 saturated carbocycles. The number of imidazole rings is 1. The molecular formula is C13H15N3O2. The Hall–Kier alpha value is -2.01. The van der Waals surface area contributed by atoms with Gasteiger partial charge in [-0.15, -0.1) is 0 Å². The van der Waals surface area contributed by atoms with E-state index in [-0.39, 0.29) is 6.04 Å². The quantitative estimate of drug-likeness (QED) is 0.847. The van der Waals surface area contributed by atoms with Gasteiger partial charge in [-0.1, -0.05) is 0 Å². The number of aromatic nitrogens is 2. The molecule has 0 amide bonds. The van der Waals surface area contributed by atoms with Gasteiger partial charge < -0.3 is 20.2 Å². The summed E-state index contributed by atoms with van der Waals surface area (Å²) in [7, 11) is 0. The van der Waals surface area contributed by atoms with Gasteiger partial charge in [0.05, 0.1) is 17.9 Å². The highest BCUT2D eigenvalue weighted by Crippen LogP contribution is 2.34. The van der Waals surface area contributed by atoms with Crippen LogP contribution >= 0.6 is 0 Å². The molecule has 1 aliphatic heterocycles. The van der Waals surface area contributed by atoms with Crippen LogP contribution < -0.4 is 15.2 Å². The molecule has 1 unspecified atom stereocenters. The summed E-state index contributed by atoms with van der Waals surface area (Å²) in [4.78, 5) is 7.45. The Balaban J connectivity index is 1.95. The maximum atomic E-state index is 5.78. The number of benzene rings is 1. The Morgan fingerprint density at radius 3 is 2.78 bits per heavy atom. The third kappa shape index (κ3) is 1.93. The summed E-state index contributed by atoms with van der Waals surface area (Å²) in [5.41, 5.74) is 7.72. The summed E-state index contributed by atoms with van der Waals surface area (Å²) >= 11 is 0. The van der Waals surface area contributed by atoms with Crippen LogP contribution in [0.3, 0.4) is 0 Å². The average Bonchev–Trinajstić information content (AvgIpc) is 2.88. The highest BCUT2D eigenvalue weighted by atomic mass is 16.6. The van der Waals surface area contributed by atoms with Gasteiger partial charge in [0.15, 0.2) is 11.5 Å². The fourth-order valence-electron chi connectivity index (χ4n) is 1.93. The summed E-state index contributed by atoms with van der Waals surface area (Å²) < 4.78 is 11.0. The molecule has 5 nitrogen and oxygen atoms in total. The molecule has 0 saturated heterocycles. The van der Waals surface area contributed by atoms with E-state index in [9.17, 15) is 0 Å². The van der Waals surface area contributed by atoms with Crippen molar-refractivity contribution in [1.29, 1.82) is 0 Å². The largest absolute Gasteiger partial charge is 0.486 e. The van der Waals surface area contributed by atoms with E-state index in [1.807, 2.05) is 25.1 Å². The van der Waals surface area contributed by atoms with Crippen LogP contribution in [-0.2, 0) is 0 Å². The van der Waals surface area contributed by atoms with Crippen molar-refractivity contribution in [2.45, 2.75) is 13.0 Å². The number of nitrogens with zero attached hydrogens (tertiary/aromatic N) is 1. The smallest absolute Gasteiger partial charge is 0.162 e. The lowest BCUT2D eigenvalue weighted by Gasteiger charge is -2.18. The lowest BCUT2D eigenvalue weighted by molar-refractivity contribution is 0.171. The Labute approximate surface area is 105 Å². The second-order valence-electron chi connectivity index (χ2n) is 4.33. The van der Waals surface area contributed by atoms with Crippen LogP contribution in [0, 0.1) is 0 Å². The van der Waals surface area contributed by atoms with Gasteiger partial charge in [0, 0.05) is 5.56 Å². The third-order valence-electron chi connectivity index (χ3n) is 2.88. The Morgan fingerprint density at radius 2 is 2.06 bits per heavy atom. The first-order chi connectivity index (χ1) is 8.74. The van der Waals surface area contributed by atoms with Gasteiger partial charge in [0.2, 0.25) is 0 Å². The van der Waals surface area contributed by atoms with E-state index in [4.69, 9.17) is 15.2 Å². The maximum absolute atomic E-state index is 5.78. The molecule has 0 bridgehead atoms. The lowest BCUT2D eigenvalue weighted by Crippen LogP contribution is -2.15. The van der Waals surface area contributed by atoms with Crippen molar-refractivity contribution < 1.29 is 9.47 Å². The van der Waals surface area contributed by atoms with Gasteiger partial charge in [-0.05, 0) is 25.1 Å². The number of nitrogens with two attached hydrogens (primary N) is 1. The van der Waals surface area contributed by atoms with Crippen LogP contribution in [0.25, 0.3) is 11.3 Å². The number of nitrogens with one attached hydrogen (secondary N) is 1. The Morgan fingerprint density at radius 1 is 1.28 bits per heavy atom. The van der Waals surface area contributed by atoms with Gasteiger partial charge in [-0.3, -0.25) is 0 Å². The summed E-state index contributed by atoms with van der Waals surface area (Å²) in [6, 6.07) is 5.74. The first-order valence-corrected chi connectivity index (χ1v) is 5.94. The zero-order valence-electron chi connectivity index (χ0n) is 10.1. The number of H-pyrrole nitrogens is 1. The van der Waals surface area contributed by atoms with Crippen LogP contribution in [-0.4, -0.2) is 23.2 Å². The maximum Gasteiger partial charge on any atom is 0.162 e. The third-order valence-corrected chi connectivity index (χ3v) is 2.88. The molecule has 5 heteroatoms. The normalized spacial score (nSPS) is 15.4. The van der Waals surface area contributed by atoms with Crippen molar-refractivity contribution in [1.82, 2.24) is 9.97 Å². The molecule has 1 aliphatic rings. The van der Waals surface area contributed by atoms with Crippen molar-refractivity contribution >= 4 is 0 Å². The number of aromatic amines is 1. The summed E-state index contributed by atoms with van der Waals surface area (Å²) in [6.07, 6.45) is 1.78. The molecular weight excluding hydrogens is 230 g/mol. The minimum atomic E-state index is -0.101. The first-order valence-electron chi connectivity index (χ1n) is 5.94. The van der Waals surface area contributed by atoms with E-state index in [1.165, 1.54) is 0 Å². The van der Waals surface area contributed by atoms with Crippen LogP contribution in [0.4, 0.5) is 0 Å². The molecule has 0 fully saturated rings. The SMILES string of the molecule is CC(N)c1ncc(-c2ccc3c(c2)OCCO3)[nH]1. The van der Waals surface area contributed by atoms with Gasteiger partial charge in [0.1, 0.15) is 19.0 Å². The van der Waals surface area contributed by atoms with E-state index < -0.39 is 0 Å². The summed E-state index contributed by atoms with van der Waals surface area (Å²) in [5, 5.41) is 0. The fraction of sp³-hybridized carbons (Fsp3) is 0.308. The molecule has 0 radical (unpaired) electrons. The highest BCUT2D eigenvalue weighted by molar-refractivity contribution is 5.63. The van der Waals surface area contributed by atoms with Gasteiger partial charge in [-0.2, -0.15) is 0 Å². The average molecular weight is 245 g/mol. The molecule has 3 rings (SSSR count). The molecule has 0 spiro atoms. The predicted octanol–water partition coefficient (Wildman–Crippen LogP) is 1.87. The Bertz CT molecular complexity index is 563. The van der Waals surface area contributed by atoms with E-state index in [1.54, 1.807) is 6.20 Å². The minimum absolute atomic E-state index is 0.101. The molecule has 2 aromatic rings.